The molecule has 3 rings (SSSR count). The van der Waals surface area contributed by atoms with Gasteiger partial charge in [-0.2, -0.15) is 0 Å². The molecule has 0 bridgehead atoms. The van der Waals surface area contributed by atoms with E-state index in [1.165, 1.54) is 0 Å². The van der Waals surface area contributed by atoms with Gasteiger partial charge in [-0.05, 0) is 44.2 Å². The molecule has 22 heavy (non-hydrogen) atoms. The molecule has 1 N–H and O–H groups in total. The van der Waals surface area contributed by atoms with Crippen LogP contribution in [0.1, 0.15) is 41.4 Å². The normalized spacial score (nSPS) is 13.9. The van der Waals surface area contributed by atoms with Crippen LogP contribution in [0.15, 0.2) is 24.3 Å². The number of aliphatic hydroxyl groups is 1. The van der Waals surface area contributed by atoms with E-state index in [1.54, 1.807) is 4.90 Å². The quantitative estimate of drug-likeness (QED) is 0.944. The number of hydrogen-bond acceptors (Lipinski definition) is 3. The predicted molar refractivity (Wildman–Crippen MR) is 87.0 cm³/mol. The van der Waals surface area contributed by atoms with Gasteiger partial charge >= 0.3 is 0 Å². The van der Waals surface area contributed by atoms with E-state index in [-0.39, 0.29) is 12.5 Å². The Labute approximate surface area is 130 Å². The minimum absolute atomic E-state index is 0.00914. The molecule has 2 aromatic rings. The third-order valence-electron chi connectivity index (χ3n) is 4.42. The summed E-state index contributed by atoms with van der Waals surface area (Å²) in [7, 11) is 0. The van der Waals surface area contributed by atoms with Gasteiger partial charge in [0.25, 0.3) is 5.91 Å². The number of carbonyl (C=O) groups is 1. The highest BCUT2D eigenvalue weighted by Crippen LogP contribution is 2.30. The fourth-order valence-corrected chi connectivity index (χ4v) is 3.30. The van der Waals surface area contributed by atoms with Crippen LogP contribution in [0.2, 0.25) is 0 Å². The molecule has 0 fully saturated rings. The number of nitrogens with zero attached hydrogens (tertiary/aromatic N) is 2. The minimum Gasteiger partial charge on any atom is -0.395 e. The second-order valence-corrected chi connectivity index (χ2v) is 5.74. The van der Waals surface area contributed by atoms with E-state index < -0.39 is 0 Å². The Bertz CT molecular complexity index is 697. The van der Waals surface area contributed by atoms with Crippen molar-refractivity contribution in [2.24, 2.45) is 0 Å². The Balaban J connectivity index is 2.19. The van der Waals surface area contributed by atoms with E-state index >= 15 is 0 Å². The number of para-hydroxylation sites is 1. The zero-order valence-electron chi connectivity index (χ0n) is 13.0. The van der Waals surface area contributed by atoms with Crippen molar-refractivity contribution >= 4 is 16.8 Å². The molecule has 0 aliphatic heterocycles. The van der Waals surface area contributed by atoms with Gasteiger partial charge in [-0.1, -0.05) is 18.2 Å². The summed E-state index contributed by atoms with van der Waals surface area (Å²) in [4.78, 5) is 19.5. The van der Waals surface area contributed by atoms with Crippen LogP contribution in [-0.2, 0) is 12.8 Å². The summed E-state index contributed by atoms with van der Waals surface area (Å²) in [5, 5.41) is 10.1. The van der Waals surface area contributed by atoms with Crippen LogP contribution >= 0.6 is 0 Å². The average molecular weight is 298 g/mol. The molecular formula is C18H22N2O2. The molecule has 1 aromatic heterocycles. The zero-order valence-corrected chi connectivity index (χ0v) is 13.0. The fourth-order valence-electron chi connectivity index (χ4n) is 3.30. The molecule has 0 unspecified atom stereocenters. The van der Waals surface area contributed by atoms with E-state index in [4.69, 9.17) is 4.98 Å². The molecule has 1 heterocycles. The number of aryl methyl sites for hydroxylation is 1. The van der Waals surface area contributed by atoms with Crippen LogP contribution in [0.5, 0.6) is 0 Å². The van der Waals surface area contributed by atoms with E-state index in [2.05, 4.69) is 0 Å². The van der Waals surface area contributed by atoms with Gasteiger partial charge in [-0.15, -0.1) is 0 Å². The van der Waals surface area contributed by atoms with Crippen molar-refractivity contribution in [1.82, 2.24) is 9.88 Å². The molecule has 116 valence electrons. The standard InChI is InChI=1S/C18H22N2O2/c1-2-20(11-12-21)18(22)17-13-7-3-5-9-15(13)19-16-10-6-4-8-14(16)17/h3,5,7,9,21H,2,4,6,8,10-12H2,1H3. The summed E-state index contributed by atoms with van der Waals surface area (Å²) in [6, 6.07) is 7.88. The Morgan fingerprint density at radius 2 is 2.05 bits per heavy atom. The first-order valence-corrected chi connectivity index (χ1v) is 8.07. The maximum Gasteiger partial charge on any atom is 0.254 e. The van der Waals surface area contributed by atoms with Gasteiger partial charge in [-0.25, -0.2) is 0 Å². The summed E-state index contributed by atoms with van der Waals surface area (Å²) >= 11 is 0. The largest absolute Gasteiger partial charge is 0.395 e. The first-order chi connectivity index (χ1) is 10.8. The second kappa shape index (κ2) is 6.44. The van der Waals surface area contributed by atoms with Gasteiger partial charge in [0.15, 0.2) is 0 Å². The zero-order chi connectivity index (χ0) is 15.5. The Morgan fingerprint density at radius 3 is 2.82 bits per heavy atom. The van der Waals surface area contributed by atoms with Crippen molar-refractivity contribution < 1.29 is 9.90 Å². The lowest BCUT2D eigenvalue weighted by atomic mass is 9.89. The van der Waals surface area contributed by atoms with E-state index in [0.717, 1.165) is 53.4 Å². The Morgan fingerprint density at radius 1 is 1.27 bits per heavy atom. The molecule has 1 amide bonds. The van der Waals surface area contributed by atoms with Gasteiger partial charge < -0.3 is 10.0 Å². The predicted octanol–water partition coefficient (Wildman–Crippen LogP) is 2.57. The van der Waals surface area contributed by atoms with Crippen molar-refractivity contribution in [1.29, 1.82) is 0 Å². The number of fused-ring (bicyclic) bond motifs is 2. The maximum absolute atomic E-state index is 13.0. The first kappa shape index (κ1) is 15.0. The number of benzene rings is 1. The summed E-state index contributed by atoms with van der Waals surface area (Å²) in [5.41, 5.74) is 3.89. The molecule has 1 aromatic carbocycles. The van der Waals surface area contributed by atoms with Gasteiger partial charge in [0.2, 0.25) is 0 Å². The van der Waals surface area contributed by atoms with Crippen molar-refractivity contribution in [2.45, 2.75) is 32.6 Å². The molecule has 1 aliphatic carbocycles. The number of likely N-dealkylation sites (N-methyl/N-ethyl adjacent to an activating group) is 1. The SMILES string of the molecule is CCN(CCO)C(=O)c1c2c(nc3ccccc13)CCCC2. The van der Waals surface area contributed by atoms with Gasteiger partial charge in [0.1, 0.15) is 0 Å². The third kappa shape index (κ3) is 2.59. The van der Waals surface area contributed by atoms with E-state index in [9.17, 15) is 9.90 Å². The highest BCUT2D eigenvalue weighted by molar-refractivity contribution is 6.07. The Hall–Kier alpha value is -1.94. The lowest BCUT2D eigenvalue weighted by Crippen LogP contribution is -2.34. The van der Waals surface area contributed by atoms with Crippen molar-refractivity contribution in [3.63, 3.8) is 0 Å². The highest BCUT2D eigenvalue weighted by Gasteiger charge is 2.25. The molecule has 0 atom stereocenters. The number of amides is 1. The average Bonchev–Trinajstić information content (AvgIpc) is 2.57. The number of hydrogen-bond donors (Lipinski definition) is 1. The van der Waals surface area contributed by atoms with Crippen molar-refractivity contribution in [3.05, 3.63) is 41.1 Å². The maximum atomic E-state index is 13.0. The summed E-state index contributed by atoms with van der Waals surface area (Å²) < 4.78 is 0. The third-order valence-corrected chi connectivity index (χ3v) is 4.42. The number of pyridine rings is 1. The lowest BCUT2D eigenvalue weighted by Gasteiger charge is -2.25. The molecule has 4 heteroatoms. The fraction of sp³-hybridized carbons (Fsp3) is 0.444. The number of aromatic nitrogens is 1. The van der Waals surface area contributed by atoms with Crippen LogP contribution in [0.25, 0.3) is 10.9 Å². The first-order valence-electron chi connectivity index (χ1n) is 8.07. The second-order valence-electron chi connectivity index (χ2n) is 5.74. The van der Waals surface area contributed by atoms with Crippen LogP contribution in [0, 0.1) is 0 Å². The molecule has 1 aliphatic rings. The van der Waals surface area contributed by atoms with Crippen molar-refractivity contribution in [3.8, 4) is 0 Å². The smallest absolute Gasteiger partial charge is 0.254 e. The molecule has 4 nitrogen and oxygen atoms in total. The number of aliphatic hydroxyl groups excluding tert-OH is 1. The highest BCUT2D eigenvalue weighted by atomic mass is 16.3. The summed E-state index contributed by atoms with van der Waals surface area (Å²) in [5.74, 6) is 0.0216. The number of rotatable bonds is 4. The van der Waals surface area contributed by atoms with Crippen LogP contribution in [0.3, 0.4) is 0 Å². The lowest BCUT2D eigenvalue weighted by molar-refractivity contribution is 0.0732. The topological polar surface area (TPSA) is 53.4 Å². The van der Waals surface area contributed by atoms with E-state index in [1.807, 2.05) is 31.2 Å². The van der Waals surface area contributed by atoms with Gasteiger partial charge in [0.05, 0.1) is 17.7 Å². The van der Waals surface area contributed by atoms with Gasteiger partial charge in [0, 0.05) is 24.2 Å². The molecular weight excluding hydrogens is 276 g/mol. The van der Waals surface area contributed by atoms with Crippen molar-refractivity contribution in [2.75, 3.05) is 19.7 Å². The van der Waals surface area contributed by atoms with Crippen LogP contribution < -0.4 is 0 Å². The minimum atomic E-state index is -0.00914. The summed E-state index contributed by atoms with van der Waals surface area (Å²) in [6.07, 6.45) is 4.12. The monoisotopic (exact) mass is 298 g/mol. The van der Waals surface area contributed by atoms with Crippen LogP contribution in [-0.4, -0.2) is 40.6 Å². The molecule has 0 spiro atoms. The number of carbonyl (C=O) groups excluding carboxylic acids is 1. The van der Waals surface area contributed by atoms with Gasteiger partial charge in [-0.3, -0.25) is 9.78 Å². The molecule has 0 saturated heterocycles. The molecule has 0 radical (unpaired) electrons. The Kier molecular flexibility index (Phi) is 4.39. The van der Waals surface area contributed by atoms with E-state index in [0.29, 0.717) is 13.1 Å². The summed E-state index contributed by atoms with van der Waals surface area (Å²) in [6.45, 7) is 2.92. The molecule has 0 saturated carbocycles. The van der Waals surface area contributed by atoms with Crippen LogP contribution in [0.4, 0.5) is 0 Å².